The molecule has 3 aromatic rings. The normalized spacial score (nSPS) is 16.6. The first-order valence-electron chi connectivity index (χ1n) is 9.42. The zero-order valence-electron chi connectivity index (χ0n) is 15.8. The summed E-state index contributed by atoms with van der Waals surface area (Å²) in [5.74, 6) is 0.929. The monoisotopic (exact) mass is 374 g/mol. The number of likely N-dealkylation sites (tertiary alicyclic amines) is 1. The number of benzene rings is 1. The van der Waals surface area contributed by atoms with E-state index in [1.54, 1.807) is 19.5 Å². The molecule has 1 aliphatic heterocycles. The maximum atomic E-state index is 12.7. The molecule has 6 heteroatoms. The Morgan fingerprint density at radius 3 is 2.86 bits per heavy atom. The molecule has 0 N–H and O–H groups in total. The fourth-order valence-electron chi connectivity index (χ4n) is 3.66. The minimum absolute atomic E-state index is 0.0707. The molecule has 1 unspecified atom stereocenters. The molecule has 1 amide bonds. The van der Waals surface area contributed by atoms with Crippen molar-refractivity contribution in [2.24, 2.45) is 0 Å². The predicted octanol–water partition coefficient (Wildman–Crippen LogP) is 3.57. The zero-order chi connectivity index (χ0) is 19.3. The van der Waals surface area contributed by atoms with Crippen LogP contribution in [-0.4, -0.2) is 46.0 Å². The summed E-state index contributed by atoms with van der Waals surface area (Å²) in [6.45, 7) is 1.37. The van der Waals surface area contributed by atoms with Crippen LogP contribution in [-0.2, 0) is 0 Å². The third kappa shape index (κ3) is 3.71. The molecule has 28 heavy (non-hydrogen) atoms. The first kappa shape index (κ1) is 18.1. The molecule has 1 atom stereocenters. The van der Waals surface area contributed by atoms with Gasteiger partial charge >= 0.3 is 0 Å². The van der Waals surface area contributed by atoms with Crippen molar-refractivity contribution in [3.8, 4) is 17.0 Å². The lowest BCUT2D eigenvalue weighted by Gasteiger charge is -2.32. The van der Waals surface area contributed by atoms with E-state index in [0.717, 1.165) is 42.1 Å². The fraction of sp³-hybridized carbons (Fsp3) is 0.273. The van der Waals surface area contributed by atoms with Crippen LogP contribution in [0.1, 0.15) is 34.9 Å². The lowest BCUT2D eigenvalue weighted by molar-refractivity contribution is 0.0699. The number of piperidine rings is 1. The molecule has 2 aromatic heterocycles. The number of aromatic nitrogens is 3. The Hall–Kier alpha value is -3.28. The van der Waals surface area contributed by atoms with Crippen molar-refractivity contribution in [2.45, 2.75) is 18.8 Å². The van der Waals surface area contributed by atoms with Gasteiger partial charge in [0.25, 0.3) is 5.91 Å². The summed E-state index contributed by atoms with van der Waals surface area (Å²) >= 11 is 0. The molecule has 1 fully saturated rings. The first-order chi connectivity index (χ1) is 13.8. The van der Waals surface area contributed by atoms with E-state index >= 15 is 0 Å². The molecule has 0 radical (unpaired) electrons. The van der Waals surface area contributed by atoms with Gasteiger partial charge in [-0.25, -0.2) is 4.98 Å². The molecule has 1 saturated heterocycles. The number of para-hydroxylation sites is 1. The van der Waals surface area contributed by atoms with Gasteiger partial charge in [0.05, 0.1) is 19.0 Å². The minimum Gasteiger partial charge on any atom is -0.496 e. The molecule has 142 valence electrons. The van der Waals surface area contributed by atoms with Crippen molar-refractivity contribution in [3.63, 3.8) is 0 Å². The number of rotatable bonds is 4. The molecule has 6 nitrogen and oxygen atoms in total. The Kier molecular flexibility index (Phi) is 5.28. The van der Waals surface area contributed by atoms with E-state index in [2.05, 4.69) is 9.97 Å². The molecule has 3 heterocycles. The largest absolute Gasteiger partial charge is 0.496 e. The predicted molar refractivity (Wildman–Crippen MR) is 106 cm³/mol. The van der Waals surface area contributed by atoms with E-state index in [-0.39, 0.29) is 11.8 Å². The van der Waals surface area contributed by atoms with Gasteiger partial charge in [-0.2, -0.15) is 0 Å². The molecule has 0 saturated carbocycles. The summed E-state index contributed by atoms with van der Waals surface area (Å²) < 4.78 is 5.48. The van der Waals surface area contributed by atoms with Crippen LogP contribution in [0.5, 0.6) is 5.75 Å². The number of carbonyl (C=O) groups excluding carboxylic acids is 1. The summed E-state index contributed by atoms with van der Waals surface area (Å²) in [6, 6.07) is 13.9. The number of carbonyl (C=O) groups is 1. The van der Waals surface area contributed by atoms with Crippen LogP contribution >= 0.6 is 0 Å². The van der Waals surface area contributed by atoms with Gasteiger partial charge in [0, 0.05) is 42.7 Å². The van der Waals surface area contributed by atoms with E-state index in [1.807, 2.05) is 47.4 Å². The Labute approximate surface area is 164 Å². The number of methoxy groups -OCH3 is 1. The number of amides is 1. The van der Waals surface area contributed by atoms with Gasteiger partial charge in [0.2, 0.25) is 0 Å². The number of pyridine rings is 1. The first-order valence-corrected chi connectivity index (χ1v) is 9.42. The summed E-state index contributed by atoms with van der Waals surface area (Å²) in [5, 5.41) is 0. The van der Waals surface area contributed by atoms with E-state index in [0.29, 0.717) is 12.2 Å². The number of ether oxygens (including phenoxy) is 1. The third-order valence-electron chi connectivity index (χ3n) is 5.06. The molecule has 1 aromatic carbocycles. The maximum Gasteiger partial charge on any atom is 0.274 e. The van der Waals surface area contributed by atoms with Gasteiger partial charge in [-0.1, -0.05) is 18.2 Å². The minimum atomic E-state index is -0.0707. The van der Waals surface area contributed by atoms with E-state index in [4.69, 9.17) is 9.72 Å². The zero-order valence-corrected chi connectivity index (χ0v) is 15.8. The molecule has 0 spiro atoms. The lowest BCUT2D eigenvalue weighted by Crippen LogP contribution is -2.39. The average Bonchev–Trinajstić information content (AvgIpc) is 2.79. The molecular weight excluding hydrogens is 352 g/mol. The maximum absolute atomic E-state index is 12.7. The van der Waals surface area contributed by atoms with Gasteiger partial charge in [-0.3, -0.25) is 14.8 Å². The Bertz CT molecular complexity index is 962. The standard InChI is InChI=1S/C22H22N4O2/c1-28-21-10-3-2-7-17(21)19-9-4-8-18(25-19)16-6-5-13-26(15-16)22(27)20-14-23-11-12-24-20/h2-4,7-12,14,16H,5-6,13,15H2,1H3. The van der Waals surface area contributed by atoms with Crippen LogP contribution in [0.3, 0.4) is 0 Å². The highest BCUT2D eigenvalue weighted by Gasteiger charge is 2.27. The summed E-state index contributed by atoms with van der Waals surface area (Å²) in [4.78, 5) is 27.6. The van der Waals surface area contributed by atoms with Crippen LogP contribution in [0.25, 0.3) is 11.3 Å². The Morgan fingerprint density at radius 1 is 1.14 bits per heavy atom. The lowest BCUT2D eigenvalue weighted by atomic mass is 9.93. The number of hydrogen-bond donors (Lipinski definition) is 0. The van der Waals surface area contributed by atoms with Crippen molar-refractivity contribution in [3.05, 3.63) is 72.4 Å². The Balaban J connectivity index is 1.57. The smallest absolute Gasteiger partial charge is 0.274 e. The van der Waals surface area contributed by atoms with Crippen LogP contribution in [0.2, 0.25) is 0 Å². The van der Waals surface area contributed by atoms with Gasteiger partial charge in [-0.15, -0.1) is 0 Å². The molecule has 1 aliphatic rings. The summed E-state index contributed by atoms with van der Waals surface area (Å²) in [6.07, 6.45) is 6.59. The third-order valence-corrected chi connectivity index (χ3v) is 5.06. The second-order valence-corrected chi connectivity index (χ2v) is 6.83. The average molecular weight is 374 g/mol. The van der Waals surface area contributed by atoms with Crippen LogP contribution in [0, 0.1) is 0 Å². The van der Waals surface area contributed by atoms with Crippen LogP contribution in [0.15, 0.2) is 61.1 Å². The Morgan fingerprint density at radius 2 is 2.04 bits per heavy atom. The van der Waals surface area contributed by atoms with Gasteiger partial charge in [-0.05, 0) is 37.1 Å². The van der Waals surface area contributed by atoms with Crippen molar-refractivity contribution in [1.82, 2.24) is 19.9 Å². The highest BCUT2D eigenvalue weighted by atomic mass is 16.5. The van der Waals surface area contributed by atoms with Gasteiger partial charge in [0.15, 0.2) is 0 Å². The second-order valence-electron chi connectivity index (χ2n) is 6.83. The van der Waals surface area contributed by atoms with E-state index in [1.165, 1.54) is 6.20 Å². The SMILES string of the molecule is COc1ccccc1-c1cccc(C2CCCN(C(=O)c3cnccn3)C2)n1. The molecule has 0 aliphatic carbocycles. The summed E-state index contributed by atoms with van der Waals surface area (Å²) in [5.41, 5.74) is 3.24. The molecule has 4 rings (SSSR count). The van der Waals surface area contributed by atoms with Crippen LogP contribution < -0.4 is 4.74 Å². The molecular formula is C22H22N4O2. The highest BCUT2D eigenvalue weighted by molar-refractivity contribution is 5.92. The van der Waals surface area contributed by atoms with Crippen molar-refractivity contribution in [1.29, 1.82) is 0 Å². The van der Waals surface area contributed by atoms with Crippen molar-refractivity contribution >= 4 is 5.91 Å². The van der Waals surface area contributed by atoms with Crippen molar-refractivity contribution < 1.29 is 9.53 Å². The van der Waals surface area contributed by atoms with E-state index in [9.17, 15) is 4.79 Å². The quantitative estimate of drug-likeness (QED) is 0.698. The van der Waals surface area contributed by atoms with Gasteiger partial charge in [0.1, 0.15) is 11.4 Å². The van der Waals surface area contributed by atoms with E-state index < -0.39 is 0 Å². The number of nitrogens with zero attached hydrogens (tertiary/aromatic N) is 4. The number of hydrogen-bond acceptors (Lipinski definition) is 5. The molecule has 0 bridgehead atoms. The van der Waals surface area contributed by atoms with Crippen LogP contribution in [0.4, 0.5) is 0 Å². The topological polar surface area (TPSA) is 68.2 Å². The highest BCUT2D eigenvalue weighted by Crippen LogP contribution is 2.31. The van der Waals surface area contributed by atoms with Gasteiger partial charge < -0.3 is 9.64 Å². The summed E-state index contributed by atoms with van der Waals surface area (Å²) in [7, 11) is 1.67. The van der Waals surface area contributed by atoms with Crippen molar-refractivity contribution in [2.75, 3.05) is 20.2 Å². The fourth-order valence-corrected chi connectivity index (χ4v) is 3.66. The second kappa shape index (κ2) is 8.17.